The van der Waals surface area contributed by atoms with E-state index in [4.69, 9.17) is 21.1 Å². The van der Waals surface area contributed by atoms with Crippen LogP contribution in [0.3, 0.4) is 0 Å². The molecule has 72 heavy (non-hydrogen) atoms. The second-order valence-electron chi connectivity index (χ2n) is 22.2. The maximum absolute atomic E-state index is 13.0. The van der Waals surface area contributed by atoms with Crippen molar-refractivity contribution in [3.63, 3.8) is 0 Å². The fourth-order valence-electron chi connectivity index (χ4n) is 10.3. The van der Waals surface area contributed by atoms with Crippen LogP contribution in [0.1, 0.15) is 310 Å². The van der Waals surface area contributed by atoms with Crippen LogP contribution in [0.25, 0.3) is 0 Å². The van der Waals surface area contributed by atoms with Crippen molar-refractivity contribution in [3.05, 3.63) is 23.5 Å². The highest BCUT2D eigenvalue weighted by molar-refractivity contribution is 5.69. The fraction of sp³-hybridized carbons (Fsp3) is 0.903. The first kappa shape index (κ1) is 67.9. The molecule has 1 aliphatic carbocycles. The standard InChI is InChI=1S/C62H120N4O6/c1-5-9-13-17-23-31-39-57(40-32-24-18-14-10-6-2)71-61(69)43-35-27-21-29-37-49-65(51-48-56(63)54-66(64)52-47-55-45-46-59(67)60(68)53-55)50-38-30-22-28-36-44-62(70)72-58(41-33-25-19-15-11-7-3)42-34-26-20-16-12-8-4/h53-54,57-60,67-68H,5-52,63-64H2,1-4H3/b56-54-. The zero-order valence-electron chi connectivity index (χ0n) is 48.0. The number of esters is 2. The van der Waals surface area contributed by atoms with E-state index in [9.17, 15) is 19.8 Å². The summed E-state index contributed by atoms with van der Waals surface area (Å²) in [5, 5.41) is 21.6. The second-order valence-corrected chi connectivity index (χ2v) is 22.2. The predicted molar refractivity (Wildman–Crippen MR) is 305 cm³/mol. The molecule has 6 N–H and O–H groups in total. The molecule has 1 rings (SSSR count). The number of unbranched alkanes of at least 4 members (excludes halogenated alkanes) is 28. The average molecular weight is 1020 g/mol. The molecule has 0 saturated carbocycles. The van der Waals surface area contributed by atoms with E-state index in [2.05, 4.69) is 32.6 Å². The highest BCUT2D eigenvalue weighted by Crippen LogP contribution is 2.23. The van der Waals surface area contributed by atoms with Gasteiger partial charge in [-0.25, -0.2) is 5.84 Å². The smallest absolute Gasteiger partial charge is 0.306 e. The molecule has 10 heteroatoms. The fourth-order valence-corrected chi connectivity index (χ4v) is 10.3. The predicted octanol–water partition coefficient (Wildman–Crippen LogP) is 16.0. The third-order valence-electron chi connectivity index (χ3n) is 15.1. The summed E-state index contributed by atoms with van der Waals surface area (Å²) in [6.07, 6.45) is 51.4. The number of carbonyl (C=O) groups excluding carboxylic acids is 2. The maximum atomic E-state index is 13.0. The van der Waals surface area contributed by atoms with E-state index in [1.165, 1.54) is 128 Å². The first-order valence-electron chi connectivity index (χ1n) is 31.3. The molecule has 10 nitrogen and oxygen atoms in total. The molecular weight excluding hydrogens is 897 g/mol. The maximum Gasteiger partial charge on any atom is 0.306 e. The molecule has 0 aromatic rings. The van der Waals surface area contributed by atoms with Crippen LogP contribution in [0.2, 0.25) is 0 Å². The zero-order valence-corrected chi connectivity index (χ0v) is 48.0. The van der Waals surface area contributed by atoms with Crippen molar-refractivity contribution < 1.29 is 29.3 Å². The molecule has 2 atom stereocenters. The summed E-state index contributed by atoms with van der Waals surface area (Å²) in [6.45, 7) is 12.6. The van der Waals surface area contributed by atoms with Crippen molar-refractivity contribution in [2.24, 2.45) is 11.6 Å². The van der Waals surface area contributed by atoms with E-state index in [0.717, 1.165) is 166 Å². The Balaban J connectivity index is 2.60. The van der Waals surface area contributed by atoms with Gasteiger partial charge in [0.25, 0.3) is 0 Å². The lowest BCUT2D eigenvalue weighted by atomic mass is 9.93. The number of nitrogens with two attached hydrogens (primary N) is 2. The summed E-state index contributed by atoms with van der Waals surface area (Å²) in [7, 11) is 0. The van der Waals surface area contributed by atoms with Gasteiger partial charge >= 0.3 is 11.9 Å². The van der Waals surface area contributed by atoms with E-state index in [0.29, 0.717) is 25.8 Å². The Bertz CT molecular complexity index is 1200. The minimum absolute atomic E-state index is 0.000664. The Kier molecular flexibility index (Phi) is 46.9. The van der Waals surface area contributed by atoms with Crippen molar-refractivity contribution in [2.75, 3.05) is 26.2 Å². The molecule has 0 heterocycles. The van der Waals surface area contributed by atoms with Crippen molar-refractivity contribution in [2.45, 2.75) is 335 Å². The summed E-state index contributed by atoms with van der Waals surface area (Å²) in [5.41, 5.74) is 8.42. The second kappa shape index (κ2) is 49.7. The van der Waals surface area contributed by atoms with Gasteiger partial charge in [-0.1, -0.05) is 206 Å². The number of hydrogen-bond acceptors (Lipinski definition) is 10. The van der Waals surface area contributed by atoms with Crippen molar-refractivity contribution in [1.29, 1.82) is 0 Å². The zero-order chi connectivity index (χ0) is 52.5. The Morgan fingerprint density at radius 3 is 1.28 bits per heavy atom. The molecule has 0 aromatic heterocycles. The Labute approximate surface area is 445 Å². The number of rotatable bonds is 53. The van der Waals surface area contributed by atoms with Crippen LogP contribution in [-0.4, -0.2) is 82.7 Å². The lowest BCUT2D eigenvalue weighted by molar-refractivity contribution is -0.151. The largest absolute Gasteiger partial charge is 0.462 e. The third kappa shape index (κ3) is 42.1. The number of aliphatic hydroxyl groups is 2. The molecule has 0 fully saturated rings. The summed E-state index contributed by atoms with van der Waals surface area (Å²) in [4.78, 5) is 28.5. The van der Waals surface area contributed by atoms with E-state index in [1.807, 2.05) is 6.20 Å². The number of nitrogens with zero attached hydrogens (tertiary/aromatic N) is 2. The van der Waals surface area contributed by atoms with Crippen molar-refractivity contribution in [3.8, 4) is 0 Å². The van der Waals surface area contributed by atoms with E-state index in [1.54, 1.807) is 11.1 Å². The quantitative estimate of drug-likeness (QED) is 0.0152. The van der Waals surface area contributed by atoms with E-state index < -0.39 is 12.2 Å². The Hall–Kier alpha value is -2.14. The van der Waals surface area contributed by atoms with E-state index >= 15 is 0 Å². The SMILES string of the molecule is CCCCCCCCC(CCCCCCCC)OC(=O)CCCCCCCN(CCCCCCCC(=O)OC(CCCCCCCC)CCCCCCCC)CC/C(N)=C/N(N)CCC1=CC(O)C(O)CC1. The molecule has 0 spiro atoms. The van der Waals surface area contributed by atoms with E-state index in [-0.39, 0.29) is 24.1 Å². The molecule has 0 amide bonds. The third-order valence-corrected chi connectivity index (χ3v) is 15.1. The lowest BCUT2D eigenvalue weighted by Crippen LogP contribution is -2.31. The first-order chi connectivity index (χ1) is 35.1. The van der Waals surface area contributed by atoms with Crippen LogP contribution < -0.4 is 11.6 Å². The monoisotopic (exact) mass is 1020 g/mol. The summed E-state index contributed by atoms with van der Waals surface area (Å²) >= 11 is 0. The van der Waals surface area contributed by atoms with Gasteiger partial charge in [0, 0.05) is 44.2 Å². The minimum atomic E-state index is -0.798. The summed E-state index contributed by atoms with van der Waals surface area (Å²) < 4.78 is 12.2. The number of carbonyl (C=O) groups is 2. The van der Waals surface area contributed by atoms with Crippen LogP contribution in [0.4, 0.5) is 0 Å². The number of aliphatic hydroxyl groups excluding tert-OH is 2. The number of ether oxygens (including phenoxy) is 2. The Morgan fingerprint density at radius 1 is 0.528 bits per heavy atom. The average Bonchev–Trinajstić information content (AvgIpc) is 3.36. The van der Waals surface area contributed by atoms with Crippen LogP contribution >= 0.6 is 0 Å². The van der Waals surface area contributed by atoms with Gasteiger partial charge in [-0.3, -0.25) is 9.59 Å². The number of hydrazine groups is 1. The topological polar surface area (TPSA) is 152 Å². The Morgan fingerprint density at radius 2 is 0.889 bits per heavy atom. The molecule has 2 unspecified atom stereocenters. The molecule has 424 valence electrons. The van der Waals surface area contributed by atoms with Gasteiger partial charge in [-0.05, 0) is 109 Å². The summed E-state index contributed by atoms with van der Waals surface area (Å²) in [6, 6.07) is 0. The van der Waals surface area contributed by atoms with Gasteiger partial charge in [-0.15, -0.1) is 0 Å². The molecule has 0 radical (unpaired) electrons. The van der Waals surface area contributed by atoms with Gasteiger partial charge in [0.05, 0.1) is 12.2 Å². The minimum Gasteiger partial charge on any atom is -0.462 e. The molecule has 1 aliphatic rings. The van der Waals surface area contributed by atoms with Gasteiger partial charge < -0.3 is 35.3 Å². The highest BCUT2D eigenvalue weighted by atomic mass is 16.5. The van der Waals surface area contributed by atoms with Gasteiger partial charge in [0.15, 0.2) is 0 Å². The first-order valence-corrected chi connectivity index (χ1v) is 31.3. The number of hydrogen-bond donors (Lipinski definition) is 4. The lowest BCUT2D eigenvalue weighted by Gasteiger charge is -2.24. The normalized spacial score (nSPS) is 15.2. The molecule has 0 saturated heterocycles. The van der Waals surface area contributed by atoms with Gasteiger partial charge in [0.2, 0.25) is 0 Å². The molecule has 0 aliphatic heterocycles. The highest BCUT2D eigenvalue weighted by Gasteiger charge is 2.21. The summed E-state index contributed by atoms with van der Waals surface area (Å²) in [5.74, 6) is 6.34. The van der Waals surface area contributed by atoms with Crippen LogP contribution in [0.5, 0.6) is 0 Å². The van der Waals surface area contributed by atoms with Gasteiger partial charge in [0.1, 0.15) is 12.2 Å². The molecular formula is C62H120N4O6. The van der Waals surface area contributed by atoms with Crippen molar-refractivity contribution in [1.82, 2.24) is 9.91 Å². The van der Waals surface area contributed by atoms with Crippen LogP contribution in [-0.2, 0) is 19.1 Å². The van der Waals surface area contributed by atoms with Crippen LogP contribution in [0.15, 0.2) is 23.5 Å². The van der Waals surface area contributed by atoms with Crippen molar-refractivity contribution >= 4 is 11.9 Å². The van der Waals surface area contributed by atoms with Gasteiger partial charge in [-0.2, -0.15) is 0 Å². The molecule has 0 aromatic carbocycles. The molecule has 0 bridgehead atoms. The van der Waals surface area contributed by atoms with Crippen LogP contribution in [0, 0.1) is 0 Å².